The Balaban J connectivity index is 2.49. The Morgan fingerprint density at radius 3 is 2.86 bits per heavy atom. The molecule has 9 heteroatoms. The lowest BCUT2D eigenvalue weighted by Crippen LogP contribution is -2.23. The summed E-state index contributed by atoms with van der Waals surface area (Å²) < 4.78 is 1.62. The lowest BCUT2D eigenvalue weighted by molar-refractivity contribution is -0.386. The van der Waals surface area contributed by atoms with Crippen LogP contribution < -0.4 is 10.9 Å². The smallest absolute Gasteiger partial charge is 0.335 e. The maximum atomic E-state index is 12.0. The summed E-state index contributed by atoms with van der Waals surface area (Å²) in [6.45, 7) is 0.0352. The van der Waals surface area contributed by atoms with E-state index in [9.17, 15) is 14.9 Å². The first-order valence-corrected chi connectivity index (χ1v) is 6.97. The van der Waals surface area contributed by atoms with Crippen molar-refractivity contribution in [2.75, 3.05) is 12.4 Å². The molecule has 7 nitrogen and oxygen atoms in total. The topological polar surface area (TPSA) is 90.1 Å². The van der Waals surface area contributed by atoms with Crippen LogP contribution in [0.5, 0.6) is 0 Å². The van der Waals surface area contributed by atoms with Gasteiger partial charge in [0.15, 0.2) is 0 Å². The predicted octanol–water partition coefficient (Wildman–Crippen LogP) is 2.66. The molecule has 2 rings (SSSR count). The van der Waals surface area contributed by atoms with Crippen molar-refractivity contribution in [3.05, 3.63) is 60.1 Å². The van der Waals surface area contributed by atoms with Crippen molar-refractivity contribution in [1.82, 2.24) is 9.55 Å². The average molecular weight is 374 g/mol. The molecule has 0 fully saturated rings. The summed E-state index contributed by atoms with van der Waals surface area (Å²) in [5.41, 5.74) is -0.779. The van der Waals surface area contributed by atoms with Crippen molar-refractivity contribution >= 4 is 39.0 Å². The van der Waals surface area contributed by atoms with E-state index in [1.165, 1.54) is 10.8 Å². The molecule has 0 aliphatic carbocycles. The number of nitrogens with one attached hydrogen (secondary N) is 1. The molecule has 0 saturated carbocycles. The van der Waals surface area contributed by atoms with Crippen molar-refractivity contribution < 1.29 is 4.92 Å². The van der Waals surface area contributed by atoms with Gasteiger partial charge in [-0.2, -0.15) is 0 Å². The number of rotatable bonds is 4. The molecule has 0 aromatic carbocycles. The van der Waals surface area contributed by atoms with Crippen molar-refractivity contribution in [3.8, 4) is 0 Å². The van der Waals surface area contributed by atoms with Gasteiger partial charge in [-0.15, -0.1) is 0 Å². The normalized spacial score (nSPS) is 10.4. The molecule has 2 heterocycles. The SMILES string of the molecule is CNc1ccc(Cl)c(Cn2cc(Br)cc([N+](=O)[O-])c2=O)n1. The monoisotopic (exact) mass is 372 g/mol. The van der Waals surface area contributed by atoms with Crippen LogP contribution in [0.1, 0.15) is 5.69 Å². The number of hydrogen-bond acceptors (Lipinski definition) is 5. The van der Waals surface area contributed by atoms with Gasteiger partial charge in [0.1, 0.15) is 5.82 Å². The average Bonchev–Trinajstić information content (AvgIpc) is 2.44. The summed E-state index contributed by atoms with van der Waals surface area (Å²) >= 11 is 9.19. The van der Waals surface area contributed by atoms with E-state index < -0.39 is 16.2 Å². The molecule has 0 amide bonds. The fourth-order valence-corrected chi connectivity index (χ4v) is 2.36. The summed E-state index contributed by atoms with van der Waals surface area (Å²) in [5.74, 6) is 0.590. The zero-order chi connectivity index (χ0) is 15.6. The molecule has 2 aromatic heterocycles. The van der Waals surface area contributed by atoms with Crippen LogP contribution in [0.2, 0.25) is 5.02 Å². The van der Waals surface area contributed by atoms with Gasteiger partial charge in [0, 0.05) is 23.8 Å². The molecule has 0 radical (unpaired) electrons. The molecule has 0 bridgehead atoms. The molecule has 0 unspecified atom stereocenters. The highest BCUT2D eigenvalue weighted by Gasteiger charge is 2.17. The first kappa shape index (κ1) is 15.5. The summed E-state index contributed by atoms with van der Waals surface area (Å²) in [6.07, 6.45) is 1.46. The van der Waals surface area contributed by atoms with Crippen LogP contribution in [0.4, 0.5) is 11.5 Å². The quantitative estimate of drug-likeness (QED) is 0.657. The van der Waals surface area contributed by atoms with E-state index in [0.29, 0.717) is 21.0 Å². The largest absolute Gasteiger partial charge is 0.373 e. The first-order chi connectivity index (χ1) is 9.92. The zero-order valence-corrected chi connectivity index (χ0v) is 13.2. The predicted molar refractivity (Wildman–Crippen MR) is 83.0 cm³/mol. The van der Waals surface area contributed by atoms with E-state index in [1.807, 2.05) is 0 Å². The first-order valence-electron chi connectivity index (χ1n) is 5.80. The van der Waals surface area contributed by atoms with Gasteiger partial charge in [0.05, 0.1) is 22.2 Å². The third kappa shape index (κ3) is 3.40. The molecule has 110 valence electrons. The second kappa shape index (κ2) is 6.23. The van der Waals surface area contributed by atoms with E-state index in [2.05, 4.69) is 26.2 Å². The minimum atomic E-state index is -0.720. The Morgan fingerprint density at radius 2 is 2.24 bits per heavy atom. The number of anilines is 1. The van der Waals surface area contributed by atoms with E-state index >= 15 is 0 Å². The number of nitrogens with zero attached hydrogens (tertiary/aromatic N) is 3. The van der Waals surface area contributed by atoms with Gasteiger partial charge < -0.3 is 9.88 Å². The van der Waals surface area contributed by atoms with Gasteiger partial charge >= 0.3 is 11.2 Å². The Morgan fingerprint density at radius 1 is 1.52 bits per heavy atom. The molecular weight excluding hydrogens is 364 g/mol. The number of pyridine rings is 2. The van der Waals surface area contributed by atoms with Gasteiger partial charge in [0.2, 0.25) is 0 Å². The highest BCUT2D eigenvalue weighted by atomic mass is 79.9. The number of halogens is 2. The second-order valence-electron chi connectivity index (χ2n) is 4.11. The fraction of sp³-hybridized carbons (Fsp3) is 0.167. The Hall–Kier alpha value is -1.93. The fourth-order valence-electron chi connectivity index (χ4n) is 1.73. The van der Waals surface area contributed by atoms with E-state index in [1.54, 1.807) is 19.2 Å². The van der Waals surface area contributed by atoms with Crippen LogP contribution >= 0.6 is 27.5 Å². The lowest BCUT2D eigenvalue weighted by atomic mass is 10.3. The van der Waals surface area contributed by atoms with Crippen LogP contribution in [0, 0.1) is 10.1 Å². The molecular formula is C12H10BrClN4O3. The van der Waals surface area contributed by atoms with Crippen molar-refractivity contribution in [2.45, 2.75) is 6.54 Å². The van der Waals surface area contributed by atoms with Gasteiger partial charge in [-0.1, -0.05) is 11.6 Å². The molecule has 0 atom stereocenters. The Bertz CT molecular complexity index is 763. The molecule has 21 heavy (non-hydrogen) atoms. The van der Waals surface area contributed by atoms with Crippen LogP contribution in [-0.4, -0.2) is 21.5 Å². The van der Waals surface area contributed by atoms with Gasteiger partial charge in [-0.3, -0.25) is 14.9 Å². The highest BCUT2D eigenvalue weighted by Crippen LogP contribution is 2.19. The number of aromatic nitrogens is 2. The minimum absolute atomic E-state index is 0.0352. The van der Waals surface area contributed by atoms with E-state index in [-0.39, 0.29) is 6.54 Å². The van der Waals surface area contributed by atoms with Crippen LogP contribution in [0.3, 0.4) is 0 Å². The summed E-state index contributed by atoms with van der Waals surface area (Å²) in [6, 6.07) is 4.50. The maximum Gasteiger partial charge on any atom is 0.335 e. The maximum absolute atomic E-state index is 12.0. The van der Waals surface area contributed by atoms with Crippen LogP contribution in [0.15, 0.2) is 33.7 Å². The third-order valence-corrected chi connectivity index (χ3v) is 3.50. The van der Waals surface area contributed by atoms with Crippen LogP contribution in [-0.2, 0) is 6.54 Å². The lowest BCUT2D eigenvalue weighted by Gasteiger charge is -2.09. The summed E-state index contributed by atoms with van der Waals surface area (Å²) in [4.78, 5) is 26.4. The van der Waals surface area contributed by atoms with Crippen molar-refractivity contribution in [3.63, 3.8) is 0 Å². The molecule has 1 N–H and O–H groups in total. The van der Waals surface area contributed by atoms with Gasteiger partial charge in [0.25, 0.3) is 0 Å². The number of hydrogen-bond donors (Lipinski definition) is 1. The molecule has 0 aliphatic heterocycles. The van der Waals surface area contributed by atoms with E-state index in [4.69, 9.17) is 11.6 Å². The van der Waals surface area contributed by atoms with Gasteiger partial charge in [-0.25, -0.2) is 4.98 Å². The molecule has 0 aliphatic rings. The Kier molecular flexibility index (Phi) is 4.59. The molecule has 0 saturated heterocycles. The second-order valence-corrected chi connectivity index (χ2v) is 5.43. The third-order valence-electron chi connectivity index (χ3n) is 2.73. The Labute approximate surface area is 132 Å². The molecule has 0 spiro atoms. The number of nitro groups is 1. The zero-order valence-electron chi connectivity index (χ0n) is 10.8. The van der Waals surface area contributed by atoms with Gasteiger partial charge in [-0.05, 0) is 28.1 Å². The molecule has 2 aromatic rings. The van der Waals surface area contributed by atoms with Crippen LogP contribution in [0.25, 0.3) is 0 Å². The minimum Gasteiger partial charge on any atom is -0.373 e. The summed E-state index contributed by atoms with van der Waals surface area (Å²) in [5, 5.41) is 14.1. The summed E-state index contributed by atoms with van der Waals surface area (Å²) in [7, 11) is 1.70. The van der Waals surface area contributed by atoms with Crippen molar-refractivity contribution in [1.29, 1.82) is 0 Å². The standard InChI is InChI=1S/C12H10BrClN4O3/c1-15-11-3-2-8(14)9(16-11)6-17-5-7(13)4-10(12(17)19)18(20)21/h2-5H,6H2,1H3,(H,15,16). The highest BCUT2D eigenvalue weighted by molar-refractivity contribution is 9.10. The van der Waals surface area contributed by atoms with Crippen molar-refractivity contribution in [2.24, 2.45) is 0 Å². The van der Waals surface area contributed by atoms with E-state index in [0.717, 1.165) is 6.07 Å².